The molecule has 0 amide bonds. The molecule has 0 aliphatic carbocycles. The molecule has 1 aromatic carbocycles. The number of hydrogen-bond donors (Lipinski definition) is 2. The molecule has 9 nitrogen and oxygen atoms in total. The van der Waals surface area contributed by atoms with Crippen molar-refractivity contribution >= 4 is 5.82 Å². The second-order valence-corrected chi connectivity index (χ2v) is 8.48. The van der Waals surface area contributed by atoms with Gasteiger partial charge in [0.2, 0.25) is 0 Å². The molecule has 1 saturated heterocycles. The van der Waals surface area contributed by atoms with Crippen LogP contribution in [0, 0.1) is 12.7 Å². The van der Waals surface area contributed by atoms with Crippen molar-refractivity contribution in [3.8, 4) is 22.6 Å². The Kier molecular flexibility index (Phi) is 5.97. The first-order valence-corrected chi connectivity index (χ1v) is 11.3. The Bertz CT molecular complexity index is 1280. The van der Waals surface area contributed by atoms with Crippen LogP contribution in [-0.2, 0) is 0 Å². The van der Waals surface area contributed by atoms with E-state index >= 15 is 0 Å². The molecule has 1 aliphatic heterocycles. The quantitative estimate of drug-likeness (QED) is 0.450. The number of aromatic nitrogens is 6. The van der Waals surface area contributed by atoms with E-state index in [-0.39, 0.29) is 11.6 Å². The molecule has 4 aromatic rings. The maximum atomic E-state index is 14.1. The minimum absolute atomic E-state index is 0.258. The number of hydrogen-bond acceptors (Lipinski definition) is 7. The van der Waals surface area contributed by atoms with Crippen LogP contribution >= 0.6 is 0 Å². The lowest BCUT2D eigenvalue weighted by molar-refractivity contribution is 0.226. The van der Waals surface area contributed by atoms with Crippen molar-refractivity contribution in [2.75, 3.05) is 18.8 Å². The van der Waals surface area contributed by atoms with Crippen molar-refractivity contribution in [3.63, 3.8) is 0 Å². The van der Waals surface area contributed by atoms with Gasteiger partial charge in [0.15, 0.2) is 11.6 Å². The van der Waals surface area contributed by atoms with Crippen molar-refractivity contribution in [1.82, 2.24) is 35.1 Å². The van der Waals surface area contributed by atoms with Crippen LogP contribution in [-0.4, -0.2) is 42.8 Å². The second-order valence-electron chi connectivity index (χ2n) is 8.48. The lowest BCUT2D eigenvalue weighted by Crippen LogP contribution is -2.29. The summed E-state index contributed by atoms with van der Waals surface area (Å²) >= 11 is 0. The third-order valence-corrected chi connectivity index (χ3v) is 6.16. The molecule has 5 rings (SSSR count). The number of ether oxygens (including phenoxy) is 1. The summed E-state index contributed by atoms with van der Waals surface area (Å²) in [6.07, 6.45) is 8.49. The molecule has 3 N–H and O–H groups in total. The molecule has 34 heavy (non-hydrogen) atoms. The van der Waals surface area contributed by atoms with Crippen molar-refractivity contribution < 1.29 is 9.13 Å². The first kappa shape index (κ1) is 22.0. The predicted octanol–water partition coefficient (Wildman–Crippen LogP) is 3.62. The third-order valence-electron chi connectivity index (χ3n) is 6.16. The number of anilines is 1. The Hall–Kier alpha value is -3.79. The van der Waals surface area contributed by atoms with Gasteiger partial charge >= 0.3 is 0 Å². The van der Waals surface area contributed by atoms with E-state index < -0.39 is 6.10 Å². The zero-order chi connectivity index (χ0) is 23.7. The van der Waals surface area contributed by atoms with Crippen LogP contribution in [0.5, 0.6) is 5.75 Å². The highest BCUT2D eigenvalue weighted by Gasteiger charge is 2.20. The monoisotopic (exact) mass is 462 g/mol. The summed E-state index contributed by atoms with van der Waals surface area (Å²) in [6.45, 7) is 5.81. The number of pyridine rings is 1. The first-order chi connectivity index (χ1) is 16.5. The Balaban J connectivity index is 1.44. The van der Waals surface area contributed by atoms with Gasteiger partial charge in [-0.25, -0.2) is 9.37 Å². The molecular weight excluding hydrogens is 435 g/mol. The summed E-state index contributed by atoms with van der Waals surface area (Å²) in [5, 5.41) is 16.5. The summed E-state index contributed by atoms with van der Waals surface area (Å²) in [5.74, 6) is 0.305. The number of halogens is 1. The summed E-state index contributed by atoms with van der Waals surface area (Å²) in [5.41, 5.74) is 10.1. The summed E-state index contributed by atoms with van der Waals surface area (Å²) in [4.78, 5) is 5.79. The van der Waals surface area contributed by atoms with Crippen LogP contribution in [0.3, 0.4) is 0 Å². The molecule has 1 atom stereocenters. The van der Waals surface area contributed by atoms with Crippen LogP contribution in [0.25, 0.3) is 16.8 Å². The molecule has 0 radical (unpaired) electrons. The summed E-state index contributed by atoms with van der Waals surface area (Å²) < 4.78 is 22.3. The van der Waals surface area contributed by atoms with E-state index in [4.69, 9.17) is 15.6 Å². The molecule has 0 saturated carbocycles. The van der Waals surface area contributed by atoms with Gasteiger partial charge in [-0.1, -0.05) is 0 Å². The molecule has 10 heteroatoms. The fraction of sp³-hybridized carbons (Fsp3) is 0.333. The summed E-state index contributed by atoms with van der Waals surface area (Å²) in [7, 11) is 0. The van der Waals surface area contributed by atoms with Crippen LogP contribution in [0.4, 0.5) is 10.2 Å². The van der Waals surface area contributed by atoms with Gasteiger partial charge in [-0.15, -0.1) is 0 Å². The SMILES string of the molecule is Cc1nn(C2CCNCC2)cc1-c1cnc(N)c(OC(C)c2cc(F)ccc2-n2nccn2)c1. The van der Waals surface area contributed by atoms with Crippen LogP contribution < -0.4 is 15.8 Å². The lowest BCUT2D eigenvalue weighted by atomic mass is 10.1. The molecule has 1 aliphatic rings. The number of nitrogens with zero attached hydrogens (tertiary/aromatic N) is 6. The van der Waals surface area contributed by atoms with E-state index in [0.717, 1.165) is 42.8 Å². The Labute approximate surface area is 196 Å². The maximum absolute atomic E-state index is 14.1. The fourth-order valence-electron chi connectivity index (χ4n) is 4.35. The number of nitrogens with one attached hydrogen (secondary N) is 1. The molecule has 4 heterocycles. The second kappa shape index (κ2) is 9.22. The normalized spacial score (nSPS) is 15.4. The Morgan fingerprint density at radius 3 is 2.71 bits per heavy atom. The maximum Gasteiger partial charge on any atom is 0.166 e. The molecule has 1 fully saturated rings. The molecule has 0 bridgehead atoms. The van der Waals surface area contributed by atoms with Gasteiger partial charge < -0.3 is 15.8 Å². The van der Waals surface area contributed by atoms with Gasteiger partial charge in [-0.05, 0) is 64.0 Å². The minimum atomic E-state index is -0.533. The van der Waals surface area contributed by atoms with E-state index in [2.05, 4.69) is 31.4 Å². The van der Waals surface area contributed by atoms with Gasteiger partial charge in [-0.2, -0.15) is 20.1 Å². The van der Waals surface area contributed by atoms with Gasteiger partial charge in [0.25, 0.3) is 0 Å². The average Bonchev–Trinajstić information content (AvgIpc) is 3.51. The Morgan fingerprint density at radius 2 is 1.94 bits per heavy atom. The zero-order valence-corrected chi connectivity index (χ0v) is 19.1. The van der Waals surface area contributed by atoms with E-state index in [9.17, 15) is 4.39 Å². The van der Waals surface area contributed by atoms with Gasteiger partial charge in [0.1, 0.15) is 11.9 Å². The van der Waals surface area contributed by atoms with Crippen molar-refractivity contribution in [3.05, 3.63) is 66.1 Å². The van der Waals surface area contributed by atoms with E-state index in [1.807, 2.05) is 19.9 Å². The molecule has 1 unspecified atom stereocenters. The van der Waals surface area contributed by atoms with Crippen LogP contribution in [0.2, 0.25) is 0 Å². The van der Waals surface area contributed by atoms with E-state index in [1.165, 1.54) is 16.9 Å². The van der Waals surface area contributed by atoms with Crippen LogP contribution in [0.15, 0.2) is 49.1 Å². The topological polar surface area (TPSA) is 109 Å². The van der Waals surface area contributed by atoms with Gasteiger partial charge in [0.05, 0.1) is 29.8 Å². The number of rotatable bonds is 6. The Morgan fingerprint density at radius 1 is 1.18 bits per heavy atom. The van der Waals surface area contributed by atoms with Gasteiger partial charge in [-0.3, -0.25) is 4.68 Å². The zero-order valence-electron chi connectivity index (χ0n) is 19.1. The molecule has 0 spiro atoms. The fourth-order valence-corrected chi connectivity index (χ4v) is 4.35. The number of piperidine rings is 1. The first-order valence-electron chi connectivity index (χ1n) is 11.3. The smallest absolute Gasteiger partial charge is 0.166 e. The lowest BCUT2D eigenvalue weighted by Gasteiger charge is -2.22. The average molecular weight is 463 g/mol. The highest BCUT2D eigenvalue weighted by Crippen LogP contribution is 2.34. The molecular formula is C24H27FN8O. The van der Waals surface area contributed by atoms with Crippen LogP contribution in [0.1, 0.15) is 43.2 Å². The number of aryl methyl sites for hydroxylation is 1. The number of nitrogen functional groups attached to an aromatic ring is 1. The largest absolute Gasteiger partial charge is 0.482 e. The summed E-state index contributed by atoms with van der Waals surface area (Å²) in [6, 6.07) is 6.66. The molecule has 176 valence electrons. The van der Waals surface area contributed by atoms with E-state index in [1.54, 1.807) is 24.7 Å². The third kappa shape index (κ3) is 4.36. The predicted molar refractivity (Wildman–Crippen MR) is 126 cm³/mol. The standard InChI is InChI=1S/C24H27FN8O/c1-15-21(14-32(31-15)19-5-7-27-8-6-19)17-11-23(24(26)28-13-17)34-16(2)20-12-18(25)3-4-22(20)33-29-9-10-30-33/h3-4,9-14,16,19,27H,5-8H2,1-2H3,(H2,26,28). The number of nitrogens with two attached hydrogens (primary N) is 1. The van der Waals surface area contributed by atoms with Crippen molar-refractivity contribution in [2.24, 2.45) is 0 Å². The minimum Gasteiger partial charge on any atom is -0.482 e. The van der Waals surface area contributed by atoms with Crippen molar-refractivity contribution in [2.45, 2.75) is 38.8 Å². The van der Waals surface area contributed by atoms with E-state index in [0.29, 0.717) is 23.0 Å². The van der Waals surface area contributed by atoms with Gasteiger partial charge in [0, 0.05) is 29.1 Å². The molecule has 3 aromatic heterocycles. The number of benzene rings is 1. The van der Waals surface area contributed by atoms with Crippen molar-refractivity contribution in [1.29, 1.82) is 0 Å². The highest BCUT2D eigenvalue weighted by molar-refractivity contribution is 5.68. The highest BCUT2D eigenvalue weighted by atomic mass is 19.1.